The third kappa shape index (κ3) is 6.24. The number of carbonyl (C=O) groups excluding carboxylic acids is 2. The average molecular weight is 581 g/mol. The zero-order valence-corrected chi connectivity index (χ0v) is 22.0. The van der Waals surface area contributed by atoms with Gasteiger partial charge in [0.2, 0.25) is 10.0 Å². The molecule has 2 aliphatic rings. The summed E-state index contributed by atoms with van der Waals surface area (Å²) in [5.41, 5.74) is 3.37. The van der Waals surface area contributed by atoms with Gasteiger partial charge in [0, 0.05) is 30.7 Å². The van der Waals surface area contributed by atoms with Crippen molar-refractivity contribution >= 4 is 37.9 Å². The van der Waals surface area contributed by atoms with Crippen LogP contribution in [0.1, 0.15) is 12.8 Å². The molecule has 1 unspecified atom stereocenters. The standard InChI is InChI=1S/C24H29BrN4O6S/c25-20-5-1-17(2-6-20)18-3-7-21(8-4-18)36(33,34)27-22(23(30)26-32)19-9-11-28(12-10-19)24(31)29-13-15-35-16-14-29/h1-8,19,22,27,32H,9-16H2,(H,26,30). The van der Waals surface area contributed by atoms with Gasteiger partial charge in [-0.15, -0.1) is 0 Å². The summed E-state index contributed by atoms with van der Waals surface area (Å²) < 4.78 is 34.9. The number of nitrogens with zero attached hydrogens (tertiary/aromatic N) is 2. The summed E-state index contributed by atoms with van der Waals surface area (Å²) in [7, 11) is -4.05. The number of urea groups is 1. The molecule has 4 rings (SSSR count). The minimum Gasteiger partial charge on any atom is -0.378 e. The highest BCUT2D eigenvalue weighted by Crippen LogP contribution is 2.26. The van der Waals surface area contributed by atoms with Crippen LogP contribution in [0.15, 0.2) is 57.9 Å². The van der Waals surface area contributed by atoms with Crippen LogP contribution in [0.2, 0.25) is 0 Å². The Labute approximate surface area is 218 Å². The van der Waals surface area contributed by atoms with Crippen LogP contribution in [0.4, 0.5) is 4.79 Å². The highest BCUT2D eigenvalue weighted by Gasteiger charge is 2.36. The second kappa shape index (κ2) is 11.7. The molecule has 2 saturated heterocycles. The first kappa shape index (κ1) is 26.6. The van der Waals surface area contributed by atoms with Crippen LogP contribution in [0.3, 0.4) is 0 Å². The van der Waals surface area contributed by atoms with Crippen molar-refractivity contribution in [1.29, 1.82) is 0 Å². The molecule has 10 nitrogen and oxygen atoms in total. The van der Waals surface area contributed by atoms with Gasteiger partial charge in [0.05, 0.1) is 18.1 Å². The molecule has 0 radical (unpaired) electrons. The predicted octanol–water partition coefficient (Wildman–Crippen LogP) is 2.43. The number of benzene rings is 2. The number of nitrogens with one attached hydrogen (secondary N) is 2. The number of ether oxygens (including phenoxy) is 1. The first-order valence-corrected chi connectivity index (χ1v) is 14.0. The van der Waals surface area contributed by atoms with E-state index in [9.17, 15) is 23.2 Å². The van der Waals surface area contributed by atoms with E-state index >= 15 is 0 Å². The molecule has 2 aromatic carbocycles. The van der Waals surface area contributed by atoms with Gasteiger partial charge in [0.1, 0.15) is 6.04 Å². The van der Waals surface area contributed by atoms with Crippen molar-refractivity contribution < 1.29 is 28.0 Å². The van der Waals surface area contributed by atoms with E-state index in [1.54, 1.807) is 27.4 Å². The van der Waals surface area contributed by atoms with Crippen LogP contribution in [0, 0.1) is 5.92 Å². The van der Waals surface area contributed by atoms with Crippen molar-refractivity contribution in [2.75, 3.05) is 39.4 Å². The molecule has 3 amide bonds. The highest BCUT2D eigenvalue weighted by atomic mass is 79.9. The van der Waals surface area contributed by atoms with Crippen molar-refractivity contribution in [2.24, 2.45) is 5.92 Å². The number of morpholine rings is 1. The molecule has 0 aliphatic carbocycles. The monoisotopic (exact) mass is 580 g/mol. The third-order valence-corrected chi connectivity index (χ3v) is 8.57. The zero-order valence-electron chi connectivity index (χ0n) is 19.6. The van der Waals surface area contributed by atoms with Gasteiger partial charge in [-0.05, 0) is 54.2 Å². The molecular formula is C24H29BrN4O6S. The fraction of sp³-hybridized carbons (Fsp3) is 0.417. The summed E-state index contributed by atoms with van der Waals surface area (Å²) in [5, 5.41) is 9.27. The first-order chi connectivity index (χ1) is 17.3. The molecule has 0 spiro atoms. The van der Waals surface area contributed by atoms with Crippen LogP contribution < -0.4 is 10.2 Å². The second-order valence-electron chi connectivity index (χ2n) is 8.81. The molecule has 0 aromatic heterocycles. The molecule has 194 valence electrons. The Balaban J connectivity index is 1.42. The van der Waals surface area contributed by atoms with Crippen molar-refractivity contribution in [3.05, 3.63) is 53.0 Å². The zero-order chi connectivity index (χ0) is 25.7. The normalized spacial score (nSPS) is 18.1. The lowest BCUT2D eigenvalue weighted by Gasteiger charge is -2.38. The van der Waals surface area contributed by atoms with Crippen LogP contribution in [0.25, 0.3) is 11.1 Å². The summed E-state index contributed by atoms with van der Waals surface area (Å²) in [5.74, 6) is -1.22. The molecule has 2 heterocycles. The number of hydrogen-bond acceptors (Lipinski definition) is 6. The number of halogens is 1. The van der Waals surface area contributed by atoms with Crippen LogP contribution in [-0.4, -0.2) is 80.8 Å². The summed E-state index contributed by atoms with van der Waals surface area (Å²) in [4.78, 5) is 28.7. The molecule has 0 saturated carbocycles. The Kier molecular flexibility index (Phi) is 8.62. The maximum absolute atomic E-state index is 13.1. The van der Waals surface area contributed by atoms with E-state index in [4.69, 9.17) is 4.74 Å². The minimum absolute atomic E-state index is 0.0130. The Morgan fingerprint density at radius 2 is 1.44 bits per heavy atom. The van der Waals surface area contributed by atoms with E-state index < -0.39 is 22.0 Å². The van der Waals surface area contributed by atoms with Crippen LogP contribution in [-0.2, 0) is 19.6 Å². The Morgan fingerprint density at radius 3 is 2.00 bits per heavy atom. The topological polar surface area (TPSA) is 128 Å². The van der Waals surface area contributed by atoms with Crippen molar-refractivity contribution in [1.82, 2.24) is 20.0 Å². The van der Waals surface area contributed by atoms with Gasteiger partial charge >= 0.3 is 6.03 Å². The lowest BCUT2D eigenvalue weighted by molar-refractivity contribution is -0.132. The van der Waals surface area contributed by atoms with Gasteiger partial charge in [-0.3, -0.25) is 10.0 Å². The molecule has 1 atom stereocenters. The van der Waals surface area contributed by atoms with E-state index in [0.29, 0.717) is 52.2 Å². The van der Waals surface area contributed by atoms with E-state index in [-0.39, 0.29) is 16.8 Å². The molecule has 12 heteroatoms. The Bertz CT molecular complexity index is 1160. The van der Waals surface area contributed by atoms with Crippen LogP contribution in [0.5, 0.6) is 0 Å². The Morgan fingerprint density at radius 1 is 0.917 bits per heavy atom. The van der Waals surface area contributed by atoms with Crippen molar-refractivity contribution in [3.63, 3.8) is 0 Å². The number of hydroxylamine groups is 1. The molecule has 36 heavy (non-hydrogen) atoms. The highest BCUT2D eigenvalue weighted by molar-refractivity contribution is 9.10. The lowest BCUT2D eigenvalue weighted by Crippen LogP contribution is -2.55. The second-order valence-corrected chi connectivity index (χ2v) is 11.4. The van der Waals surface area contributed by atoms with E-state index in [0.717, 1.165) is 15.6 Å². The van der Waals surface area contributed by atoms with E-state index in [2.05, 4.69) is 20.7 Å². The molecule has 3 N–H and O–H groups in total. The summed E-state index contributed by atoms with van der Waals surface area (Å²) in [6.45, 7) is 2.86. The molecule has 2 aliphatic heterocycles. The molecule has 2 aromatic rings. The van der Waals surface area contributed by atoms with Crippen LogP contribution >= 0.6 is 15.9 Å². The third-order valence-electron chi connectivity index (χ3n) is 6.58. The number of sulfonamides is 1. The van der Waals surface area contributed by atoms with Gasteiger partial charge in [-0.2, -0.15) is 4.72 Å². The SMILES string of the molecule is O=C(NO)C(NS(=O)(=O)c1ccc(-c2ccc(Br)cc2)cc1)C1CCN(C(=O)N2CCOCC2)CC1. The quantitative estimate of drug-likeness (QED) is 0.355. The number of piperidine rings is 1. The number of carbonyl (C=O) groups is 2. The maximum Gasteiger partial charge on any atom is 0.320 e. The number of rotatable bonds is 6. The van der Waals surface area contributed by atoms with Gasteiger partial charge < -0.3 is 14.5 Å². The molecular weight excluding hydrogens is 552 g/mol. The minimum atomic E-state index is -4.05. The molecule has 2 fully saturated rings. The summed E-state index contributed by atoms with van der Waals surface area (Å²) in [6, 6.07) is 12.8. The lowest BCUT2D eigenvalue weighted by atomic mass is 9.89. The predicted molar refractivity (Wildman–Crippen MR) is 136 cm³/mol. The molecule has 0 bridgehead atoms. The Hall–Kier alpha value is -2.51. The summed E-state index contributed by atoms with van der Waals surface area (Å²) in [6.07, 6.45) is 0.832. The van der Waals surface area contributed by atoms with Gasteiger partial charge in [0.15, 0.2) is 0 Å². The van der Waals surface area contributed by atoms with Crippen molar-refractivity contribution in [3.8, 4) is 11.1 Å². The fourth-order valence-corrected chi connectivity index (χ4v) is 6.04. The number of likely N-dealkylation sites (tertiary alicyclic amines) is 1. The average Bonchev–Trinajstić information content (AvgIpc) is 2.92. The number of hydrogen-bond donors (Lipinski definition) is 3. The van der Waals surface area contributed by atoms with Gasteiger partial charge in [0.25, 0.3) is 5.91 Å². The largest absolute Gasteiger partial charge is 0.378 e. The van der Waals surface area contributed by atoms with Gasteiger partial charge in [-0.1, -0.05) is 40.2 Å². The van der Waals surface area contributed by atoms with Gasteiger partial charge in [-0.25, -0.2) is 18.7 Å². The maximum atomic E-state index is 13.1. The number of amides is 3. The van der Waals surface area contributed by atoms with Crippen molar-refractivity contribution in [2.45, 2.75) is 23.8 Å². The van der Waals surface area contributed by atoms with E-state index in [1.807, 2.05) is 24.3 Å². The fourth-order valence-electron chi connectivity index (χ4n) is 4.52. The first-order valence-electron chi connectivity index (χ1n) is 11.7. The summed E-state index contributed by atoms with van der Waals surface area (Å²) >= 11 is 3.39. The van der Waals surface area contributed by atoms with E-state index in [1.165, 1.54) is 12.1 Å². The smallest absolute Gasteiger partial charge is 0.320 e.